The zero-order valence-electron chi connectivity index (χ0n) is 19.6. The fraction of sp³-hybridized carbons (Fsp3) is 0.458. The Bertz CT molecular complexity index is 1280. The Kier molecular flexibility index (Phi) is 6.08. The molecule has 6 rings (SSSR count). The van der Waals surface area contributed by atoms with Gasteiger partial charge in [-0.1, -0.05) is 0 Å². The first-order valence-electron chi connectivity index (χ1n) is 11.5. The number of alkyl halides is 5. The first kappa shape index (κ1) is 26.2. The Morgan fingerprint density at radius 2 is 1.55 bits per heavy atom. The summed E-state index contributed by atoms with van der Waals surface area (Å²) in [5, 5.41) is 21.6. The number of tetrazole rings is 1. The van der Waals surface area contributed by atoms with Gasteiger partial charge >= 0.3 is 6.18 Å². The molecule has 3 fully saturated rings. The van der Waals surface area contributed by atoms with Crippen LogP contribution in [-0.2, 0) is 12.1 Å². The number of hydrogen-bond donors (Lipinski definition) is 1. The van der Waals surface area contributed by atoms with E-state index in [0.717, 1.165) is 23.1 Å². The van der Waals surface area contributed by atoms with Crippen LogP contribution in [0.15, 0.2) is 48.8 Å². The monoisotopic (exact) mass is 546 g/mol. The molecular weight excluding hydrogens is 525 g/mol. The molecule has 0 spiro atoms. The number of rotatable bonds is 10. The molecule has 3 aliphatic rings. The number of benzene rings is 2. The second-order valence-electron chi connectivity index (χ2n) is 10.0. The van der Waals surface area contributed by atoms with Crippen molar-refractivity contribution in [3.63, 3.8) is 0 Å². The maximum absolute atomic E-state index is 16.1. The first-order valence-corrected chi connectivity index (χ1v) is 11.5. The van der Waals surface area contributed by atoms with Gasteiger partial charge in [-0.3, -0.25) is 0 Å². The van der Waals surface area contributed by atoms with Gasteiger partial charge in [0.1, 0.15) is 29.5 Å². The molecule has 0 amide bonds. The first-order chi connectivity index (χ1) is 17.8. The summed E-state index contributed by atoms with van der Waals surface area (Å²) in [6, 6.07) is 7.41. The quantitative estimate of drug-likeness (QED) is 0.373. The molecule has 0 saturated heterocycles. The normalized spacial score (nSPS) is 24.2. The van der Waals surface area contributed by atoms with Crippen molar-refractivity contribution in [1.82, 2.24) is 20.2 Å². The molecular formula is C24H21F7N4O3. The lowest BCUT2D eigenvalue weighted by Gasteiger charge is -2.73. The smallest absolute Gasteiger partial charge is 0.422 e. The lowest BCUT2D eigenvalue weighted by Crippen LogP contribution is -2.75. The van der Waals surface area contributed by atoms with Crippen LogP contribution in [-0.4, -0.2) is 50.6 Å². The molecule has 3 aromatic rings. The predicted octanol–water partition coefficient (Wildman–Crippen LogP) is 4.66. The topological polar surface area (TPSA) is 82.3 Å². The zero-order valence-corrected chi connectivity index (χ0v) is 19.6. The van der Waals surface area contributed by atoms with Crippen LogP contribution < -0.4 is 9.47 Å². The van der Waals surface area contributed by atoms with Crippen molar-refractivity contribution >= 4 is 0 Å². The average Bonchev–Trinajstić information content (AvgIpc) is 3.28. The van der Waals surface area contributed by atoms with Gasteiger partial charge in [0.05, 0.1) is 13.2 Å². The van der Waals surface area contributed by atoms with Gasteiger partial charge in [-0.2, -0.15) is 13.2 Å². The van der Waals surface area contributed by atoms with Crippen LogP contribution in [0.3, 0.4) is 0 Å². The Hall–Kier alpha value is -3.42. The lowest BCUT2D eigenvalue weighted by atomic mass is 9.32. The Morgan fingerprint density at radius 1 is 0.921 bits per heavy atom. The maximum Gasteiger partial charge on any atom is 0.422 e. The Balaban J connectivity index is 1.28. The largest absolute Gasteiger partial charge is 0.493 e. The van der Waals surface area contributed by atoms with E-state index in [2.05, 4.69) is 20.3 Å². The second-order valence-corrected chi connectivity index (χ2v) is 10.0. The summed E-state index contributed by atoms with van der Waals surface area (Å²) >= 11 is 0. The van der Waals surface area contributed by atoms with E-state index in [4.69, 9.17) is 4.74 Å². The third-order valence-electron chi connectivity index (χ3n) is 7.26. The highest BCUT2D eigenvalue weighted by molar-refractivity contribution is 5.35. The average molecular weight is 546 g/mol. The van der Waals surface area contributed by atoms with Crippen molar-refractivity contribution < 1.29 is 45.3 Å². The van der Waals surface area contributed by atoms with Crippen molar-refractivity contribution in [3.8, 4) is 11.5 Å². The van der Waals surface area contributed by atoms with Gasteiger partial charge < -0.3 is 14.6 Å². The molecule has 1 heterocycles. The van der Waals surface area contributed by atoms with Crippen molar-refractivity contribution in [2.75, 3.05) is 13.2 Å². The summed E-state index contributed by atoms with van der Waals surface area (Å²) in [6.07, 6.45) is -3.56. The van der Waals surface area contributed by atoms with Gasteiger partial charge in [-0.15, -0.1) is 5.10 Å². The van der Waals surface area contributed by atoms with E-state index in [1.807, 2.05) is 0 Å². The lowest BCUT2D eigenvalue weighted by molar-refractivity contribution is -0.373. The van der Waals surface area contributed by atoms with Crippen LogP contribution in [0.5, 0.6) is 11.5 Å². The van der Waals surface area contributed by atoms with Crippen LogP contribution in [0.4, 0.5) is 30.7 Å². The molecule has 3 aliphatic carbocycles. The fourth-order valence-electron chi connectivity index (χ4n) is 5.62. The molecule has 14 heteroatoms. The number of halogens is 7. The number of ether oxygens (including phenoxy) is 2. The molecule has 1 unspecified atom stereocenters. The van der Waals surface area contributed by atoms with Crippen LogP contribution in [0, 0.1) is 22.5 Å². The van der Waals surface area contributed by atoms with E-state index in [9.17, 15) is 27.1 Å². The summed E-state index contributed by atoms with van der Waals surface area (Å²) < 4.78 is 108. The number of hydrogen-bond acceptors (Lipinski definition) is 6. The molecule has 7 nitrogen and oxygen atoms in total. The third kappa shape index (κ3) is 4.44. The SMILES string of the molecule is OC(Cn1cnnn1)(c1ccc(F)cc1F)C(F)(F)C12CC(COc3ccc(OCC(F)(F)F)cc3)(C1)C2. The van der Waals surface area contributed by atoms with E-state index in [1.165, 1.54) is 24.3 Å². The predicted molar refractivity (Wildman–Crippen MR) is 115 cm³/mol. The molecule has 1 N–H and O–H groups in total. The molecule has 1 aromatic heterocycles. The van der Waals surface area contributed by atoms with Gasteiger partial charge in [-0.05, 0) is 66.1 Å². The number of aliphatic hydroxyl groups is 1. The molecule has 204 valence electrons. The number of aromatic nitrogens is 4. The third-order valence-corrected chi connectivity index (χ3v) is 7.26. The summed E-state index contributed by atoms with van der Waals surface area (Å²) in [5.41, 5.74) is -6.12. The van der Waals surface area contributed by atoms with Gasteiger partial charge in [0, 0.05) is 22.5 Å². The molecule has 38 heavy (non-hydrogen) atoms. The Labute approximate surface area is 211 Å². The minimum Gasteiger partial charge on any atom is -0.493 e. The highest BCUT2D eigenvalue weighted by atomic mass is 19.4. The highest BCUT2D eigenvalue weighted by Crippen LogP contribution is 2.80. The van der Waals surface area contributed by atoms with Gasteiger partial charge in [0.2, 0.25) is 0 Å². The van der Waals surface area contributed by atoms with Crippen molar-refractivity contribution in [2.24, 2.45) is 10.8 Å². The molecule has 2 bridgehead atoms. The minimum atomic E-state index is -4.47. The minimum absolute atomic E-state index is 0.00585. The van der Waals surface area contributed by atoms with E-state index in [-0.39, 0.29) is 31.6 Å². The van der Waals surface area contributed by atoms with Crippen molar-refractivity contribution in [1.29, 1.82) is 0 Å². The summed E-state index contributed by atoms with van der Waals surface area (Å²) in [5.74, 6) is -5.86. The fourth-order valence-corrected chi connectivity index (χ4v) is 5.62. The number of nitrogens with zero attached hydrogens (tertiary/aromatic N) is 4. The van der Waals surface area contributed by atoms with Crippen LogP contribution in [0.25, 0.3) is 0 Å². The second kappa shape index (κ2) is 8.82. The van der Waals surface area contributed by atoms with E-state index in [1.54, 1.807) is 0 Å². The van der Waals surface area contributed by atoms with Crippen LogP contribution in [0.2, 0.25) is 0 Å². The molecule has 0 aliphatic heterocycles. The summed E-state index contributed by atoms with van der Waals surface area (Å²) in [6.45, 7) is -2.25. The van der Waals surface area contributed by atoms with Crippen molar-refractivity contribution in [2.45, 2.75) is 43.5 Å². The molecule has 0 radical (unpaired) electrons. The van der Waals surface area contributed by atoms with Gasteiger partial charge in [0.25, 0.3) is 5.92 Å². The van der Waals surface area contributed by atoms with E-state index in [0.29, 0.717) is 11.8 Å². The Morgan fingerprint density at radius 3 is 2.11 bits per heavy atom. The van der Waals surface area contributed by atoms with Crippen LogP contribution >= 0.6 is 0 Å². The summed E-state index contributed by atoms with van der Waals surface area (Å²) in [4.78, 5) is 0. The molecule has 2 aromatic carbocycles. The van der Waals surface area contributed by atoms with Gasteiger partial charge in [-0.25, -0.2) is 22.2 Å². The molecule has 1 atom stereocenters. The zero-order chi connectivity index (χ0) is 27.4. The highest BCUT2D eigenvalue weighted by Gasteiger charge is 2.82. The van der Waals surface area contributed by atoms with Crippen LogP contribution in [0.1, 0.15) is 24.8 Å². The van der Waals surface area contributed by atoms with Gasteiger partial charge in [0.15, 0.2) is 12.2 Å². The summed E-state index contributed by atoms with van der Waals surface area (Å²) in [7, 11) is 0. The molecule has 3 saturated carbocycles. The van der Waals surface area contributed by atoms with Crippen molar-refractivity contribution in [3.05, 3.63) is 66.0 Å². The van der Waals surface area contributed by atoms with E-state index < -0.39 is 58.9 Å². The van der Waals surface area contributed by atoms with E-state index >= 15 is 8.78 Å². The standard InChI is InChI=1S/C24H21F7N4O3/c25-15-1-6-18(19(26)7-15)22(36,11-35-14-32-33-34-35)24(30,31)21-8-20(9-21,10-21)12-37-16-2-4-17(5-3-16)38-13-23(27,28)29/h1-7,14,36H,8-13H2. The maximum atomic E-state index is 16.1.